The van der Waals surface area contributed by atoms with Crippen LogP contribution in [0.15, 0.2) is 45.7 Å². The number of ether oxygens (including phenoxy) is 1. The molecule has 0 bridgehead atoms. The third kappa shape index (κ3) is 4.89. The maximum absolute atomic E-state index is 12.4. The van der Waals surface area contributed by atoms with Crippen LogP contribution in [0.2, 0.25) is 0 Å². The van der Waals surface area contributed by atoms with Crippen molar-refractivity contribution in [2.45, 2.75) is 70.3 Å². The number of unbranched alkanes of at least 4 members (excludes halogenated alkanes) is 4. The fourth-order valence-electron chi connectivity index (χ4n) is 4.09. The van der Waals surface area contributed by atoms with E-state index in [2.05, 4.69) is 24.0 Å². The predicted molar refractivity (Wildman–Crippen MR) is 118 cm³/mol. The van der Waals surface area contributed by atoms with Crippen LogP contribution in [-0.2, 0) is 11.2 Å². The zero-order valence-electron chi connectivity index (χ0n) is 17.9. The van der Waals surface area contributed by atoms with Gasteiger partial charge in [0.15, 0.2) is 0 Å². The van der Waals surface area contributed by atoms with Crippen LogP contribution in [0.1, 0.15) is 57.2 Å². The summed E-state index contributed by atoms with van der Waals surface area (Å²) in [5.41, 5.74) is 2.00. The van der Waals surface area contributed by atoms with E-state index >= 15 is 0 Å². The number of benzene rings is 1. The Kier molecular flexibility index (Phi) is 6.85. The van der Waals surface area contributed by atoms with E-state index < -0.39 is 24.1 Å². The van der Waals surface area contributed by atoms with Gasteiger partial charge in [0, 0.05) is 18.2 Å². The zero-order chi connectivity index (χ0) is 21.8. The lowest BCUT2D eigenvalue weighted by Crippen LogP contribution is -2.27. The summed E-state index contributed by atoms with van der Waals surface area (Å²) in [6.07, 6.45) is 7.10. The molecule has 166 valence electrons. The van der Waals surface area contributed by atoms with E-state index in [1.165, 1.54) is 42.2 Å². The molecule has 1 aliphatic heterocycles. The second kappa shape index (κ2) is 9.77. The van der Waals surface area contributed by atoms with E-state index in [1.54, 1.807) is 6.20 Å². The summed E-state index contributed by atoms with van der Waals surface area (Å²) in [6.45, 7) is 1.93. The van der Waals surface area contributed by atoms with Crippen LogP contribution in [0.25, 0.3) is 22.4 Å². The van der Waals surface area contributed by atoms with Crippen molar-refractivity contribution in [1.82, 2.24) is 9.55 Å². The molecule has 7 heteroatoms. The van der Waals surface area contributed by atoms with Gasteiger partial charge in [0.2, 0.25) is 5.71 Å². The van der Waals surface area contributed by atoms with Crippen LogP contribution in [0.5, 0.6) is 0 Å². The van der Waals surface area contributed by atoms with Gasteiger partial charge in [-0.25, -0.2) is 4.79 Å². The minimum atomic E-state index is -0.817. The maximum atomic E-state index is 12.4. The summed E-state index contributed by atoms with van der Waals surface area (Å²) < 4.78 is 12.8. The molecule has 31 heavy (non-hydrogen) atoms. The molecule has 1 aromatic carbocycles. The highest BCUT2D eigenvalue weighted by Gasteiger charge is 2.35. The first-order valence-electron chi connectivity index (χ1n) is 11.2. The summed E-state index contributed by atoms with van der Waals surface area (Å²) in [4.78, 5) is 16.5. The van der Waals surface area contributed by atoms with E-state index in [9.17, 15) is 15.0 Å². The summed E-state index contributed by atoms with van der Waals surface area (Å²) in [5.74, 6) is 0.648. The fraction of sp³-hybridized carbons (Fsp3) is 0.500. The third-order valence-corrected chi connectivity index (χ3v) is 5.94. The number of aliphatic hydroxyl groups is 2. The Morgan fingerprint density at radius 3 is 2.65 bits per heavy atom. The molecule has 1 saturated heterocycles. The number of aromatic nitrogens is 2. The summed E-state index contributed by atoms with van der Waals surface area (Å²) in [5, 5.41) is 19.9. The second-order valence-electron chi connectivity index (χ2n) is 8.28. The number of nitrogens with zero attached hydrogens (tertiary/aromatic N) is 2. The van der Waals surface area contributed by atoms with Crippen molar-refractivity contribution in [3.8, 4) is 11.3 Å². The zero-order valence-corrected chi connectivity index (χ0v) is 17.9. The van der Waals surface area contributed by atoms with Gasteiger partial charge in [0.1, 0.15) is 18.1 Å². The van der Waals surface area contributed by atoms with Crippen molar-refractivity contribution in [1.29, 1.82) is 0 Å². The van der Waals surface area contributed by atoms with Gasteiger partial charge >= 0.3 is 5.69 Å². The van der Waals surface area contributed by atoms with Gasteiger partial charge in [0.25, 0.3) is 0 Å². The highest BCUT2D eigenvalue weighted by Crippen LogP contribution is 2.30. The lowest BCUT2D eigenvalue weighted by Gasteiger charge is -2.13. The smallest absolute Gasteiger partial charge is 0.353 e. The van der Waals surface area contributed by atoms with Crippen molar-refractivity contribution in [3.63, 3.8) is 0 Å². The van der Waals surface area contributed by atoms with E-state index in [0.29, 0.717) is 11.1 Å². The third-order valence-electron chi connectivity index (χ3n) is 5.94. The molecule has 0 spiro atoms. The molecule has 3 atom stereocenters. The Hall–Kier alpha value is -2.48. The number of furan rings is 1. The molecule has 2 aromatic heterocycles. The normalized spacial score (nSPS) is 21.2. The summed E-state index contributed by atoms with van der Waals surface area (Å²) >= 11 is 0. The minimum absolute atomic E-state index is 0.225. The van der Waals surface area contributed by atoms with E-state index in [-0.39, 0.29) is 18.7 Å². The van der Waals surface area contributed by atoms with Crippen LogP contribution in [0.3, 0.4) is 0 Å². The first-order chi connectivity index (χ1) is 15.1. The van der Waals surface area contributed by atoms with Gasteiger partial charge in [-0.15, -0.1) is 0 Å². The van der Waals surface area contributed by atoms with Gasteiger partial charge in [-0.3, -0.25) is 4.57 Å². The van der Waals surface area contributed by atoms with Crippen LogP contribution in [0.4, 0.5) is 0 Å². The summed E-state index contributed by atoms with van der Waals surface area (Å²) in [6, 6.07) is 10.2. The van der Waals surface area contributed by atoms with E-state index in [0.717, 1.165) is 12.0 Å². The Labute approximate surface area is 181 Å². The van der Waals surface area contributed by atoms with Gasteiger partial charge in [0.05, 0.1) is 18.1 Å². The standard InChI is InChI=1S/C24H30N2O5/c1-2-3-4-5-6-7-16-8-10-17(11-9-16)20-12-18-14-26(24(29)25-23(18)31-20)22-13-19(28)21(15-27)30-22/h8-12,14,19,21-22,27-28H,2-7,13,15H2,1H3/t19-,21+,22+/m0/s1. The molecule has 7 nitrogen and oxygen atoms in total. The maximum Gasteiger partial charge on any atom is 0.353 e. The van der Waals surface area contributed by atoms with Gasteiger partial charge in [-0.2, -0.15) is 4.98 Å². The Balaban J connectivity index is 1.49. The number of aryl methyl sites for hydroxylation is 1. The first kappa shape index (κ1) is 21.7. The average Bonchev–Trinajstić information content (AvgIpc) is 3.36. The molecule has 0 radical (unpaired) electrons. The molecule has 1 fully saturated rings. The largest absolute Gasteiger partial charge is 0.437 e. The topological polar surface area (TPSA) is 97.7 Å². The lowest BCUT2D eigenvalue weighted by atomic mass is 10.0. The number of hydrogen-bond donors (Lipinski definition) is 2. The van der Waals surface area contributed by atoms with Gasteiger partial charge in [-0.1, -0.05) is 56.9 Å². The molecular weight excluding hydrogens is 396 g/mol. The van der Waals surface area contributed by atoms with Crippen molar-refractivity contribution < 1.29 is 19.4 Å². The molecule has 0 saturated carbocycles. The van der Waals surface area contributed by atoms with Crippen LogP contribution >= 0.6 is 0 Å². The fourth-order valence-corrected chi connectivity index (χ4v) is 4.09. The molecular formula is C24H30N2O5. The number of hydrogen-bond acceptors (Lipinski definition) is 6. The van der Waals surface area contributed by atoms with Crippen molar-refractivity contribution in [3.05, 3.63) is 52.6 Å². The predicted octanol–water partition coefficient (Wildman–Crippen LogP) is 3.81. The first-order valence-corrected chi connectivity index (χ1v) is 11.2. The molecule has 1 aliphatic rings. The SMILES string of the molecule is CCCCCCCc1ccc(-c2cc3cn([C@H]4C[C@H](O)[C@@H](CO)O4)c(=O)nc3o2)cc1. The molecule has 2 N–H and O–H groups in total. The Morgan fingerprint density at radius 2 is 1.94 bits per heavy atom. The molecule has 3 heterocycles. The average molecular weight is 427 g/mol. The van der Waals surface area contributed by atoms with Crippen LogP contribution in [-0.4, -0.2) is 38.6 Å². The monoisotopic (exact) mass is 426 g/mol. The quantitative estimate of drug-likeness (QED) is 0.505. The highest BCUT2D eigenvalue weighted by atomic mass is 16.5. The molecule has 0 aliphatic carbocycles. The minimum Gasteiger partial charge on any atom is -0.437 e. The molecule has 0 amide bonds. The molecule has 0 unspecified atom stereocenters. The van der Waals surface area contributed by atoms with Gasteiger partial charge in [-0.05, 0) is 24.5 Å². The van der Waals surface area contributed by atoms with E-state index in [4.69, 9.17) is 9.15 Å². The number of fused-ring (bicyclic) bond motifs is 1. The highest BCUT2D eigenvalue weighted by molar-refractivity contribution is 5.79. The molecule has 3 aromatic rings. The van der Waals surface area contributed by atoms with E-state index in [1.807, 2.05) is 18.2 Å². The van der Waals surface area contributed by atoms with Crippen LogP contribution < -0.4 is 5.69 Å². The van der Waals surface area contributed by atoms with Gasteiger partial charge < -0.3 is 19.4 Å². The Bertz CT molecular complexity index is 1060. The van der Waals surface area contributed by atoms with Crippen molar-refractivity contribution in [2.24, 2.45) is 0 Å². The van der Waals surface area contributed by atoms with Crippen LogP contribution in [0, 0.1) is 0 Å². The Morgan fingerprint density at radius 1 is 1.16 bits per heavy atom. The molecule has 4 rings (SSSR count). The van der Waals surface area contributed by atoms with Crippen molar-refractivity contribution >= 4 is 11.1 Å². The second-order valence-corrected chi connectivity index (χ2v) is 8.28. The number of rotatable bonds is 9. The number of aliphatic hydroxyl groups excluding tert-OH is 2. The summed E-state index contributed by atoms with van der Waals surface area (Å²) in [7, 11) is 0. The van der Waals surface area contributed by atoms with Crippen molar-refractivity contribution in [2.75, 3.05) is 6.61 Å². The lowest BCUT2D eigenvalue weighted by molar-refractivity contribution is -0.0457.